The molecule has 0 fully saturated rings. The number of hydrogen-bond donors (Lipinski definition) is 2. The first kappa shape index (κ1) is 13.1. The predicted molar refractivity (Wildman–Crippen MR) is 79.9 cm³/mol. The van der Waals surface area contributed by atoms with Crippen molar-refractivity contribution in [1.82, 2.24) is 5.32 Å². The standard InChI is InChI=1S/C17H14FN3O/c1-2-9-14-11(7-20-17(14)22)13-10-5-8(6-19)3-4-12(10)21-16(13)15(9)18/h3-5,10,12,21H,2,7H2,1H3,(H,20,22). The zero-order valence-corrected chi connectivity index (χ0v) is 12.0. The highest BCUT2D eigenvalue weighted by Crippen LogP contribution is 2.47. The molecule has 4 nitrogen and oxygen atoms in total. The smallest absolute Gasteiger partial charge is 0.252 e. The van der Waals surface area contributed by atoms with Crippen molar-refractivity contribution in [1.29, 1.82) is 5.26 Å². The number of hydrogen-bond acceptors (Lipinski definition) is 3. The second kappa shape index (κ2) is 4.44. The van der Waals surface area contributed by atoms with Crippen LogP contribution in [0, 0.1) is 17.1 Å². The largest absolute Gasteiger partial charge is 0.375 e. The fraction of sp³-hybridized carbons (Fsp3) is 0.294. The third-order valence-electron chi connectivity index (χ3n) is 4.69. The second-order valence-corrected chi connectivity index (χ2v) is 5.76. The van der Waals surface area contributed by atoms with Gasteiger partial charge in [-0.3, -0.25) is 4.79 Å². The van der Waals surface area contributed by atoms with Crippen LogP contribution in [0.25, 0.3) is 0 Å². The Balaban J connectivity index is 2.00. The van der Waals surface area contributed by atoms with Crippen LogP contribution < -0.4 is 10.6 Å². The quantitative estimate of drug-likeness (QED) is 0.836. The Hall–Kier alpha value is -2.61. The Bertz CT molecular complexity index is 816. The summed E-state index contributed by atoms with van der Waals surface area (Å²) in [6.07, 6.45) is 5.98. The summed E-state index contributed by atoms with van der Waals surface area (Å²) >= 11 is 0. The average Bonchev–Trinajstić information content (AvgIpc) is 3.09. The van der Waals surface area contributed by atoms with Gasteiger partial charge in [0, 0.05) is 23.6 Å². The first-order chi connectivity index (χ1) is 10.7. The molecule has 2 atom stereocenters. The number of allylic oxidation sites excluding steroid dienone is 2. The molecule has 0 radical (unpaired) electrons. The molecule has 1 aromatic carbocycles. The number of rotatable bonds is 1. The van der Waals surface area contributed by atoms with Gasteiger partial charge < -0.3 is 10.6 Å². The molecule has 3 aliphatic rings. The van der Waals surface area contributed by atoms with Gasteiger partial charge in [-0.1, -0.05) is 19.1 Å². The lowest BCUT2D eigenvalue weighted by Crippen LogP contribution is -2.19. The number of amides is 1. The summed E-state index contributed by atoms with van der Waals surface area (Å²) in [6, 6.07) is 2.07. The molecule has 1 amide bonds. The molecule has 2 heterocycles. The number of carbonyl (C=O) groups is 1. The van der Waals surface area contributed by atoms with E-state index in [1.807, 2.05) is 19.1 Å². The molecule has 1 aromatic rings. The number of carbonyl (C=O) groups excluding carboxylic acids is 1. The van der Waals surface area contributed by atoms with E-state index >= 15 is 0 Å². The maximum absolute atomic E-state index is 14.9. The van der Waals surface area contributed by atoms with Gasteiger partial charge in [-0.25, -0.2) is 4.39 Å². The lowest BCUT2D eigenvalue weighted by Gasteiger charge is -2.18. The molecule has 0 bridgehead atoms. The molecule has 0 saturated heterocycles. The second-order valence-electron chi connectivity index (χ2n) is 5.76. The van der Waals surface area contributed by atoms with Crippen LogP contribution in [-0.4, -0.2) is 11.9 Å². The van der Waals surface area contributed by atoms with Gasteiger partial charge in [-0.2, -0.15) is 5.26 Å². The van der Waals surface area contributed by atoms with E-state index in [0.29, 0.717) is 35.4 Å². The molecule has 4 rings (SSSR count). The van der Waals surface area contributed by atoms with Crippen LogP contribution >= 0.6 is 0 Å². The zero-order chi connectivity index (χ0) is 15.4. The van der Waals surface area contributed by atoms with Gasteiger partial charge in [0.15, 0.2) is 5.82 Å². The summed E-state index contributed by atoms with van der Waals surface area (Å²) in [7, 11) is 0. The molecule has 110 valence electrons. The van der Waals surface area contributed by atoms with E-state index in [1.54, 1.807) is 6.08 Å². The molecule has 1 aliphatic carbocycles. The fourth-order valence-electron chi connectivity index (χ4n) is 3.72. The van der Waals surface area contributed by atoms with E-state index in [1.165, 1.54) is 0 Å². The van der Waals surface area contributed by atoms with Crippen LogP contribution in [0.1, 0.15) is 39.9 Å². The Morgan fingerprint density at radius 1 is 1.50 bits per heavy atom. The summed E-state index contributed by atoms with van der Waals surface area (Å²) in [5, 5.41) is 15.1. The van der Waals surface area contributed by atoms with Crippen molar-refractivity contribution < 1.29 is 9.18 Å². The molecule has 0 saturated carbocycles. The molecular formula is C17H14FN3O. The Morgan fingerprint density at radius 3 is 3.05 bits per heavy atom. The van der Waals surface area contributed by atoms with Crippen LogP contribution in [0.15, 0.2) is 23.8 Å². The monoisotopic (exact) mass is 295 g/mol. The van der Waals surface area contributed by atoms with Crippen LogP contribution in [0.4, 0.5) is 10.1 Å². The lowest BCUT2D eigenvalue weighted by atomic mass is 9.84. The summed E-state index contributed by atoms with van der Waals surface area (Å²) in [5.74, 6) is -0.632. The van der Waals surface area contributed by atoms with Crippen LogP contribution in [-0.2, 0) is 13.0 Å². The number of nitrogens with zero attached hydrogens (tertiary/aromatic N) is 1. The van der Waals surface area contributed by atoms with Gasteiger partial charge in [-0.05, 0) is 23.6 Å². The van der Waals surface area contributed by atoms with Gasteiger partial charge >= 0.3 is 0 Å². The van der Waals surface area contributed by atoms with E-state index in [9.17, 15) is 9.18 Å². The maximum Gasteiger partial charge on any atom is 0.252 e. The van der Waals surface area contributed by atoms with Crippen molar-refractivity contribution in [2.45, 2.75) is 31.8 Å². The molecule has 22 heavy (non-hydrogen) atoms. The Morgan fingerprint density at radius 2 is 2.32 bits per heavy atom. The highest BCUT2D eigenvalue weighted by atomic mass is 19.1. The van der Waals surface area contributed by atoms with Gasteiger partial charge in [-0.15, -0.1) is 0 Å². The fourth-order valence-corrected chi connectivity index (χ4v) is 3.72. The molecule has 2 N–H and O–H groups in total. The van der Waals surface area contributed by atoms with Crippen LogP contribution in [0.3, 0.4) is 0 Å². The van der Waals surface area contributed by atoms with E-state index in [2.05, 4.69) is 16.7 Å². The molecule has 0 aromatic heterocycles. The number of benzene rings is 1. The zero-order valence-electron chi connectivity index (χ0n) is 12.0. The van der Waals surface area contributed by atoms with Crippen molar-refractivity contribution in [2.75, 3.05) is 5.32 Å². The number of nitriles is 1. The molecule has 2 aliphatic heterocycles. The third-order valence-corrected chi connectivity index (χ3v) is 4.69. The molecule has 5 heteroatoms. The highest BCUT2D eigenvalue weighted by molar-refractivity contribution is 6.01. The highest BCUT2D eigenvalue weighted by Gasteiger charge is 2.40. The minimum Gasteiger partial charge on any atom is -0.375 e. The van der Waals surface area contributed by atoms with E-state index in [0.717, 1.165) is 11.1 Å². The third kappa shape index (κ3) is 1.52. The van der Waals surface area contributed by atoms with Crippen molar-refractivity contribution in [3.05, 3.63) is 51.9 Å². The maximum atomic E-state index is 14.9. The summed E-state index contributed by atoms with van der Waals surface area (Å²) in [4.78, 5) is 12.1. The number of nitrogens with one attached hydrogen (secondary N) is 2. The van der Waals surface area contributed by atoms with Gasteiger partial charge in [0.25, 0.3) is 5.91 Å². The van der Waals surface area contributed by atoms with Crippen molar-refractivity contribution >= 4 is 11.6 Å². The minimum atomic E-state index is -0.331. The van der Waals surface area contributed by atoms with Gasteiger partial charge in [0.2, 0.25) is 0 Å². The van der Waals surface area contributed by atoms with Crippen LogP contribution in [0.2, 0.25) is 0 Å². The average molecular weight is 295 g/mol. The van der Waals surface area contributed by atoms with E-state index in [-0.39, 0.29) is 23.7 Å². The molecular weight excluding hydrogens is 281 g/mol. The van der Waals surface area contributed by atoms with Crippen molar-refractivity contribution in [3.8, 4) is 6.07 Å². The summed E-state index contributed by atoms with van der Waals surface area (Å²) in [6.45, 7) is 2.28. The number of anilines is 1. The summed E-state index contributed by atoms with van der Waals surface area (Å²) < 4.78 is 14.9. The molecule has 0 spiro atoms. The molecule has 2 unspecified atom stereocenters. The summed E-state index contributed by atoms with van der Waals surface area (Å²) in [5.41, 5.74) is 3.72. The predicted octanol–water partition coefficient (Wildman–Crippen LogP) is 2.53. The minimum absolute atomic E-state index is 0.0616. The Labute approximate surface area is 127 Å². The van der Waals surface area contributed by atoms with Gasteiger partial charge in [0.1, 0.15) is 0 Å². The first-order valence-electron chi connectivity index (χ1n) is 7.37. The van der Waals surface area contributed by atoms with Crippen molar-refractivity contribution in [2.24, 2.45) is 0 Å². The topological polar surface area (TPSA) is 64.9 Å². The van der Waals surface area contributed by atoms with Gasteiger partial charge in [0.05, 0.1) is 23.4 Å². The van der Waals surface area contributed by atoms with E-state index < -0.39 is 0 Å². The number of fused-ring (bicyclic) bond motifs is 5. The van der Waals surface area contributed by atoms with Crippen molar-refractivity contribution in [3.63, 3.8) is 0 Å². The van der Waals surface area contributed by atoms with E-state index in [4.69, 9.17) is 5.26 Å². The first-order valence-corrected chi connectivity index (χ1v) is 7.37. The van der Waals surface area contributed by atoms with Crippen LogP contribution in [0.5, 0.6) is 0 Å². The SMILES string of the molecule is CCc1c(F)c2c(c3c1C(=O)NC3)C1C=C(C#N)C=CC1N2. The lowest BCUT2D eigenvalue weighted by molar-refractivity contribution is 0.0964. The Kier molecular flexibility index (Phi) is 2.64. The normalized spacial score (nSPS) is 23.9. The number of halogens is 1.